The first-order valence-electron chi connectivity index (χ1n) is 10.3. The number of amides is 1. The van der Waals surface area contributed by atoms with Gasteiger partial charge in [0.1, 0.15) is 11.7 Å². The van der Waals surface area contributed by atoms with E-state index in [0.29, 0.717) is 42.2 Å². The molecule has 0 aliphatic rings. The Morgan fingerprint density at radius 1 is 0.917 bits per heavy atom. The molecule has 3 N–H and O–H groups in total. The topological polar surface area (TPSA) is 95.2 Å². The Balaban J connectivity index is 2.36. The second-order valence-corrected chi connectivity index (χ2v) is 7.14. The van der Waals surface area contributed by atoms with Crippen LogP contribution in [-0.4, -0.2) is 43.0 Å². The lowest BCUT2D eigenvalue weighted by atomic mass is 10.1. The molecule has 198 valence electrons. The van der Waals surface area contributed by atoms with E-state index in [4.69, 9.17) is 15.2 Å². The van der Waals surface area contributed by atoms with Crippen molar-refractivity contribution in [2.45, 2.75) is 38.3 Å². The minimum Gasteiger partial charge on any atom is -0.490 e. The van der Waals surface area contributed by atoms with Crippen LogP contribution < -0.4 is 20.5 Å². The lowest BCUT2D eigenvalue weighted by Crippen LogP contribution is -2.68. The predicted octanol–water partition coefficient (Wildman–Crippen LogP) is 4.71. The number of carbonyl (C=O) groups is 1. The summed E-state index contributed by atoms with van der Waals surface area (Å²) < 4.78 is 106. The number of carbonyl (C=O) groups excluding carboxylic acids is 1. The number of hydrogen-bond donors (Lipinski definition) is 2. The number of oxime groups is 1. The van der Waals surface area contributed by atoms with Gasteiger partial charge in [0, 0.05) is 12.0 Å². The van der Waals surface area contributed by atoms with E-state index in [9.17, 15) is 35.5 Å². The summed E-state index contributed by atoms with van der Waals surface area (Å²) in [7, 11) is 0. The summed E-state index contributed by atoms with van der Waals surface area (Å²) in [5, 5.41) is 3.61. The maximum absolute atomic E-state index is 13.7. The van der Waals surface area contributed by atoms with Crippen LogP contribution >= 0.6 is 0 Å². The molecule has 0 aromatic heterocycles. The summed E-state index contributed by atoms with van der Waals surface area (Å²) in [6, 6.07) is 7.12. The number of halogens is 7. The molecule has 2 rings (SSSR count). The van der Waals surface area contributed by atoms with E-state index in [1.807, 2.05) is 0 Å². The van der Waals surface area contributed by atoms with E-state index in [1.165, 1.54) is 18.2 Å². The predicted molar refractivity (Wildman–Crippen MR) is 114 cm³/mol. The molecule has 14 heteroatoms. The lowest BCUT2D eigenvalue weighted by molar-refractivity contribution is -0.388. The van der Waals surface area contributed by atoms with E-state index < -0.39 is 47.6 Å². The van der Waals surface area contributed by atoms with Crippen molar-refractivity contribution in [2.75, 3.05) is 13.2 Å². The Morgan fingerprint density at radius 2 is 1.47 bits per heavy atom. The fourth-order valence-electron chi connectivity index (χ4n) is 2.84. The van der Waals surface area contributed by atoms with Gasteiger partial charge in [-0.2, -0.15) is 26.3 Å². The normalized spacial score (nSPS) is 12.8. The van der Waals surface area contributed by atoms with E-state index in [0.717, 1.165) is 5.32 Å². The number of nitrogens with one attached hydrogen (secondary N) is 1. The average Bonchev–Trinajstić information content (AvgIpc) is 2.77. The van der Waals surface area contributed by atoms with E-state index in [-0.39, 0.29) is 12.4 Å². The Kier molecular flexibility index (Phi) is 8.99. The van der Waals surface area contributed by atoms with Crippen molar-refractivity contribution in [3.8, 4) is 11.5 Å². The van der Waals surface area contributed by atoms with Crippen molar-refractivity contribution < 1.29 is 49.8 Å². The average molecular weight is 525 g/mol. The standard InChI is InChI=1S/C22H22F7N3O4/c1-3-34-16-10-5-13(11-17(16)35-4-2)12-18(30)32-36-20(21(24,25)26,22(27,28)29)31-19(33)14-6-8-15(23)9-7-14/h5-11H,3-4,12H2,1-2H3,(H2,30,32)(H,31,33). The summed E-state index contributed by atoms with van der Waals surface area (Å²) in [5.74, 6) is -2.83. The van der Waals surface area contributed by atoms with Gasteiger partial charge in [0.05, 0.1) is 13.2 Å². The molecule has 2 aromatic carbocycles. The summed E-state index contributed by atoms with van der Waals surface area (Å²) in [6.07, 6.45) is -12.9. The molecule has 0 unspecified atom stereocenters. The molecule has 0 radical (unpaired) electrons. The van der Waals surface area contributed by atoms with Gasteiger partial charge in [-0.05, 0) is 55.8 Å². The molecule has 0 fully saturated rings. The Bertz CT molecular complexity index is 1060. The van der Waals surface area contributed by atoms with Gasteiger partial charge in [-0.15, -0.1) is 0 Å². The van der Waals surface area contributed by atoms with Gasteiger partial charge in [0.2, 0.25) is 0 Å². The van der Waals surface area contributed by atoms with Gasteiger partial charge in [0.25, 0.3) is 5.91 Å². The van der Waals surface area contributed by atoms with Crippen LogP contribution in [0.4, 0.5) is 30.7 Å². The molecule has 0 bridgehead atoms. The molecule has 0 aliphatic heterocycles. The van der Waals surface area contributed by atoms with Crippen LogP contribution in [0.15, 0.2) is 47.6 Å². The van der Waals surface area contributed by atoms with Crippen LogP contribution in [0, 0.1) is 5.82 Å². The van der Waals surface area contributed by atoms with Crippen molar-refractivity contribution in [2.24, 2.45) is 10.9 Å². The molecule has 0 saturated carbocycles. The third kappa shape index (κ3) is 6.70. The number of amidine groups is 1. The Morgan fingerprint density at radius 3 is 2.00 bits per heavy atom. The number of rotatable bonds is 10. The van der Waals surface area contributed by atoms with Crippen molar-refractivity contribution in [3.05, 3.63) is 59.4 Å². The van der Waals surface area contributed by atoms with Gasteiger partial charge in [-0.3, -0.25) is 10.1 Å². The number of ether oxygens (including phenoxy) is 2. The second kappa shape index (κ2) is 11.4. The zero-order valence-electron chi connectivity index (χ0n) is 19.0. The Labute approximate surface area is 201 Å². The Hall–Kier alpha value is -3.71. The minimum atomic E-state index is -6.22. The highest BCUT2D eigenvalue weighted by atomic mass is 19.4. The zero-order chi connectivity index (χ0) is 27.1. The highest BCUT2D eigenvalue weighted by Gasteiger charge is 2.76. The number of benzene rings is 2. The quantitative estimate of drug-likeness (QED) is 0.154. The number of nitrogens with two attached hydrogens (primary N) is 1. The first-order valence-corrected chi connectivity index (χ1v) is 10.3. The molecule has 0 heterocycles. The summed E-state index contributed by atoms with van der Waals surface area (Å²) in [5.41, 5.74) is -0.0775. The van der Waals surface area contributed by atoms with Crippen molar-refractivity contribution in [1.82, 2.24) is 5.32 Å². The smallest absolute Gasteiger partial charge is 0.461 e. The molecule has 0 aliphatic carbocycles. The van der Waals surface area contributed by atoms with Crippen molar-refractivity contribution in [3.63, 3.8) is 0 Å². The maximum Gasteiger partial charge on any atom is 0.461 e. The lowest BCUT2D eigenvalue weighted by Gasteiger charge is -2.34. The van der Waals surface area contributed by atoms with Gasteiger partial charge < -0.3 is 20.0 Å². The highest BCUT2D eigenvalue weighted by Crippen LogP contribution is 2.44. The van der Waals surface area contributed by atoms with Crippen molar-refractivity contribution >= 4 is 11.7 Å². The third-order valence-electron chi connectivity index (χ3n) is 4.49. The molecule has 2 aromatic rings. The molecule has 0 atom stereocenters. The van der Waals surface area contributed by atoms with Gasteiger partial charge in [0.15, 0.2) is 11.5 Å². The second-order valence-electron chi connectivity index (χ2n) is 7.14. The number of hydrogen-bond acceptors (Lipinski definition) is 5. The number of nitrogens with zero attached hydrogens (tertiary/aromatic N) is 1. The maximum atomic E-state index is 13.7. The van der Waals surface area contributed by atoms with Gasteiger partial charge >= 0.3 is 18.1 Å². The van der Waals surface area contributed by atoms with Gasteiger partial charge in [-0.25, -0.2) is 4.39 Å². The summed E-state index contributed by atoms with van der Waals surface area (Å²) in [6.45, 7) is 4.00. The van der Waals surface area contributed by atoms with Crippen LogP contribution in [-0.2, 0) is 11.3 Å². The van der Waals surface area contributed by atoms with E-state index in [2.05, 4.69) is 9.99 Å². The van der Waals surface area contributed by atoms with Gasteiger partial charge in [-0.1, -0.05) is 11.2 Å². The molecule has 0 spiro atoms. The van der Waals surface area contributed by atoms with Crippen LogP contribution in [0.5, 0.6) is 11.5 Å². The number of alkyl halides is 6. The SMILES string of the molecule is CCOc1ccc(CC(N)=NOC(NC(=O)c2ccc(F)cc2)(C(F)(F)F)C(F)(F)F)cc1OCC. The molecular formula is C22H22F7N3O4. The molecule has 0 saturated heterocycles. The molecule has 1 amide bonds. The largest absolute Gasteiger partial charge is 0.490 e. The van der Waals surface area contributed by atoms with E-state index in [1.54, 1.807) is 13.8 Å². The summed E-state index contributed by atoms with van der Waals surface area (Å²) >= 11 is 0. The molecular weight excluding hydrogens is 503 g/mol. The molecule has 7 nitrogen and oxygen atoms in total. The third-order valence-corrected chi connectivity index (χ3v) is 4.49. The zero-order valence-corrected chi connectivity index (χ0v) is 19.0. The minimum absolute atomic E-state index is 0.254. The van der Waals surface area contributed by atoms with Crippen LogP contribution in [0.3, 0.4) is 0 Å². The highest BCUT2D eigenvalue weighted by molar-refractivity contribution is 5.94. The van der Waals surface area contributed by atoms with Crippen LogP contribution in [0.1, 0.15) is 29.8 Å². The van der Waals surface area contributed by atoms with E-state index >= 15 is 0 Å². The summed E-state index contributed by atoms with van der Waals surface area (Å²) in [4.78, 5) is 16.1. The van der Waals surface area contributed by atoms with Crippen LogP contribution in [0.2, 0.25) is 0 Å². The molecule has 36 heavy (non-hydrogen) atoms. The first-order chi connectivity index (χ1) is 16.7. The first kappa shape index (κ1) is 28.5. The van der Waals surface area contributed by atoms with Crippen LogP contribution in [0.25, 0.3) is 0 Å². The fraction of sp³-hybridized carbons (Fsp3) is 0.364. The monoisotopic (exact) mass is 525 g/mol. The van der Waals surface area contributed by atoms with Crippen molar-refractivity contribution in [1.29, 1.82) is 0 Å². The fourth-order valence-corrected chi connectivity index (χ4v) is 2.84.